The molecule has 0 amide bonds. The fourth-order valence-corrected chi connectivity index (χ4v) is 7.10. The molecule has 9 heteroatoms. The number of phosphoric ester groups is 1. The van der Waals surface area contributed by atoms with Gasteiger partial charge in [-0.1, -0.05) is 171 Å². The molecule has 0 spiro atoms. The van der Waals surface area contributed by atoms with E-state index in [9.17, 15) is 14.3 Å². The van der Waals surface area contributed by atoms with E-state index >= 15 is 0 Å². The summed E-state index contributed by atoms with van der Waals surface area (Å²) in [4.78, 5) is 22.9. The maximum absolute atomic E-state index is 12.7. The Morgan fingerprint density at radius 1 is 0.542 bits per heavy atom. The Morgan fingerprint density at radius 2 is 0.983 bits per heavy atom. The van der Waals surface area contributed by atoms with Gasteiger partial charge in [0.25, 0.3) is 0 Å². The van der Waals surface area contributed by atoms with E-state index in [-0.39, 0.29) is 25.8 Å². The fourth-order valence-electron chi connectivity index (χ4n) is 6.36. The quantitative estimate of drug-likeness (QED) is 0.0215. The largest absolute Gasteiger partial charge is 0.472 e. The van der Waals surface area contributed by atoms with Gasteiger partial charge in [-0.2, -0.15) is 0 Å². The highest BCUT2D eigenvalue weighted by Crippen LogP contribution is 2.43. The van der Waals surface area contributed by atoms with Crippen LogP contribution in [-0.2, 0) is 27.9 Å². The topological polar surface area (TPSA) is 91.3 Å². The van der Waals surface area contributed by atoms with Crippen molar-refractivity contribution in [2.45, 2.75) is 200 Å². The number of phosphoric acid groups is 1. The van der Waals surface area contributed by atoms with Crippen LogP contribution in [0.25, 0.3) is 0 Å². The van der Waals surface area contributed by atoms with E-state index in [0.717, 1.165) is 64.2 Å². The molecule has 0 saturated heterocycles. The molecule has 0 aromatic rings. The van der Waals surface area contributed by atoms with Gasteiger partial charge >= 0.3 is 13.8 Å². The molecule has 1 N–H and O–H groups in total. The summed E-state index contributed by atoms with van der Waals surface area (Å²) in [5.74, 6) is -0.344. The molecular formula is C50H93NO7P+. The van der Waals surface area contributed by atoms with Crippen LogP contribution in [0.5, 0.6) is 0 Å². The smallest absolute Gasteiger partial charge is 0.457 e. The van der Waals surface area contributed by atoms with Crippen molar-refractivity contribution in [1.82, 2.24) is 0 Å². The zero-order chi connectivity index (χ0) is 43.4. The summed E-state index contributed by atoms with van der Waals surface area (Å²) in [5.41, 5.74) is 0. The van der Waals surface area contributed by atoms with Crippen molar-refractivity contribution in [3.05, 3.63) is 60.8 Å². The van der Waals surface area contributed by atoms with Crippen molar-refractivity contribution in [2.24, 2.45) is 0 Å². The standard InChI is InChI=1S/C50H92NO7P/c1-6-8-10-12-14-16-18-20-21-22-23-24-25-26-27-28-29-30-32-34-36-38-40-42-45-55-47-49(48-57-59(53,54)56-46-44-51(3,4)5)58-50(52)43-41-39-37-35-33-31-19-17-15-13-11-9-7-2/h9,11,15,17-18,20,22-23,31,33,49H,6-8,10,12-14,16,19,21,24-30,32,34-48H2,1-5H3/p+1/b11-9-,17-15-,20-18-,23-22-,33-31-. The summed E-state index contributed by atoms with van der Waals surface area (Å²) in [5, 5.41) is 0. The second kappa shape index (κ2) is 42.9. The minimum Gasteiger partial charge on any atom is -0.457 e. The molecular weight excluding hydrogens is 758 g/mol. The Balaban J connectivity index is 4.13. The number of rotatable bonds is 44. The normalized spacial score (nSPS) is 14.2. The number of quaternary nitrogens is 1. The van der Waals surface area contributed by atoms with Crippen LogP contribution < -0.4 is 0 Å². The molecule has 0 aromatic carbocycles. The summed E-state index contributed by atoms with van der Waals surface area (Å²) >= 11 is 0. The SMILES string of the molecule is CC/C=C\C/C=C\C/C=C\CCCCCC(=O)OC(COCCCCCCCCCCCCCC/C=C\C/C=C\CCCCCCC)COP(=O)(O)OCC[N+](C)(C)C. The maximum atomic E-state index is 12.7. The number of unbranched alkanes of at least 4 members (excludes halogenated alkanes) is 20. The van der Waals surface area contributed by atoms with Crippen molar-refractivity contribution in [3.63, 3.8) is 0 Å². The molecule has 0 bridgehead atoms. The number of carbonyl (C=O) groups is 1. The first-order valence-electron chi connectivity index (χ1n) is 24.0. The molecule has 344 valence electrons. The van der Waals surface area contributed by atoms with Crippen LogP contribution >= 0.6 is 7.82 Å². The van der Waals surface area contributed by atoms with E-state index in [1.165, 1.54) is 109 Å². The molecule has 0 saturated carbocycles. The number of allylic oxidation sites excluding steroid dienone is 10. The van der Waals surface area contributed by atoms with Crippen molar-refractivity contribution in [1.29, 1.82) is 0 Å². The van der Waals surface area contributed by atoms with Gasteiger partial charge in [0.05, 0.1) is 34.4 Å². The predicted molar refractivity (Wildman–Crippen MR) is 252 cm³/mol. The van der Waals surface area contributed by atoms with E-state index < -0.39 is 13.9 Å². The Labute approximate surface area is 364 Å². The first kappa shape index (κ1) is 57.2. The number of carbonyl (C=O) groups excluding carboxylic acids is 1. The lowest BCUT2D eigenvalue weighted by atomic mass is 10.0. The van der Waals surface area contributed by atoms with Gasteiger partial charge in [-0.25, -0.2) is 4.57 Å². The number of ether oxygens (including phenoxy) is 2. The molecule has 0 aliphatic rings. The van der Waals surface area contributed by atoms with Gasteiger partial charge < -0.3 is 18.9 Å². The van der Waals surface area contributed by atoms with Gasteiger partial charge in [0.15, 0.2) is 0 Å². The molecule has 0 fully saturated rings. The Bertz CT molecular complexity index is 1130. The van der Waals surface area contributed by atoms with Crippen LogP contribution in [0.3, 0.4) is 0 Å². The highest BCUT2D eigenvalue weighted by atomic mass is 31.2. The van der Waals surface area contributed by atoms with E-state index in [1.54, 1.807) is 0 Å². The molecule has 2 unspecified atom stereocenters. The molecule has 0 aliphatic heterocycles. The zero-order valence-corrected chi connectivity index (χ0v) is 39.9. The van der Waals surface area contributed by atoms with Crippen molar-refractivity contribution < 1.29 is 37.3 Å². The van der Waals surface area contributed by atoms with Gasteiger partial charge in [-0.15, -0.1) is 0 Å². The van der Waals surface area contributed by atoms with Gasteiger partial charge in [0.1, 0.15) is 19.3 Å². The van der Waals surface area contributed by atoms with Gasteiger partial charge in [-0.05, 0) is 77.0 Å². The van der Waals surface area contributed by atoms with E-state index in [2.05, 4.69) is 74.6 Å². The molecule has 2 atom stereocenters. The Morgan fingerprint density at radius 3 is 1.47 bits per heavy atom. The lowest BCUT2D eigenvalue weighted by Crippen LogP contribution is -2.37. The van der Waals surface area contributed by atoms with Crippen molar-refractivity contribution in [2.75, 3.05) is 54.1 Å². The Kier molecular flexibility index (Phi) is 41.6. The first-order valence-corrected chi connectivity index (χ1v) is 25.5. The van der Waals surface area contributed by atoms with Gasteiger partial charge in [-0.3, -0.25) is 13.8 Å². The second-order valence-electron chi connectivity index (χ2n) is 17.1. The minimum atomic E-state index is -4.29. The van der Waals surface area contributed by atoms with E-state index in [4.69, 9.17) is 18.5 Å². The van der Waals surface area contributed by atoms with Crippen LogP contribution in [0.2, 0.25) is 0 Å². The van der Waals surface area contributed by atoms with Crippen molar-refractivity contribution in [3.8, 4) is 0 Å². The number of esters is 1. The lowest BCUT2D eigenvalue weighted by Gasteiger charge is -2.24. The highest BCUT2D eigenvalue weighted by molar-refractivity contribution is 7.47. The van der Waals surface area contributed by atoms with Gasteiger partial charge in [0, 0.05) is 13.0 Å². The number of hydrogen-bond acceptors (Lipinski definition) is 6. The average molecular weight is 851 g/mol. The number of nitrogens with zero attached hydrogens (tertiary/aromatic N) is 1. The molecule has 0 aromatic heterocycles. The predicted octanol–water partition coefficient (Wildman–Crippen LogP) is 14.5. The maximum Gasteiger partial charge on any atom is 0.472 e. The molecule has 0 aliphatic carbocycles. The summed E-state index contributed by atoms with van der Waals surface area (Å²) in [6.45, 7) is 5.45. The van der Waals surface area contributed by atoms with Crippen LogP contribution in [0, 0.1) is 0 Å². The van der Waals surface area contributed by atoms with E-state index in [1.807, 2.05) is 21.1 Å². The monoisotopic (exact) mass is 851 g/mol. The molecule has 0 radical (unpaired) electrons. The highest BCUT2D eigenvalue weighted by Gasteiger charge is 2.26. The number of likely N-dealkylation sites (N-methyl/N-ethyl adjacent to an activating group) is 1. The molecule has 0 heterocycles. The van der Waals surface area contributed by atoms with Crippen LogP contribution in [0.15, 0.2) is 60.8 Å². The van der Waals surface area contributed by atoms with Gasteiger partial charge in [0.2, 0.25) is 0 Å². The lowest BCUT2D eigenvalue weighted by molar-refractivity contribution is -0.870. The van der Waals surface area contributed by atoms with Crippen molar-refractivity contribution >= 4 is 13.8 Å². The third kappa shape index (κ3) is 47.1. The van der Waals surface area contributed by atoms with Crippen LogP contribution in [-0.4, -0.2) is 75.6 Å². The summed E-state index contributed by atoms with van der Waals surface area (Å²) in [6.07, 6.45) is 54.2. The molecule has 59 heavy (non-hydrogen) atoms. The third-order valence-corrected chi connectivity index (χ3v) is 11.0. The zero-order valence-electron chi connectivity index (χ0n) is 39.0. The molecule has 8 nitrogen and oxygen atoms in total. The van der Waals surface area contributed by atoms with E-state index in [0.29, 0.717) is 24.1 Å². The average Bonchev–Trinajstić information content (AvgIpc) is 3.19. The minimum absolute atomic E-state index is 0.0804. The summed E-state index contributed by atoms with van der Waals surface area (Å²) < 4.78 is 35.0. The third-order valence-electron chi connectivity index (χ3n) is 10.1. The second-order valence-corrected chi connectivity index (χ2v) is 18.6. The summed E-state index contributed by atoms with van der Waals surface area (Å²) in [7, 11) is 1.64. The fraction of sp³-hybridized carbons (Fsp3) is 0.780. The Hall–Kier alpha value is -1.80. The van der Waals surface area contributed by atoms with Crippen LogP contribution in [0.4, 0.5) is 0 Å². The number of hydrogen-bond donors (Lipinski definition) is 1. The van der Waals surface area contributed by atoms with Crippen LogP contribution in [0.1, 0.15) is 194 Å². The first-order chi connectivity index (χ1) is 28.6. The molecule has 0 rings (SSSR count). The summed E-state index contributed by atoms with van der Waals surface area (Å²) in [6, 6.07) is 0.